The number of carbonyl (C=O) groups is 1. The molecule has 2 rings (SSSR count). The van der Waals surface area contributed by atoms with Crippen LogP contribution in [-0.4, -0.2) is 31.5 Å². The lowest BCUT2D eigenvalue weighted by molar-refractivity contribution is -0.124. The smallest absolute Gasteiger partial charge is 0.264 e. The lowest BCUT2D eigenvalue weighted by atomic mass is 10.1. The van der Waals surface area contributed by atoms with Crippen molar-refractivity contribution in [3.05, 3.63) is 61.5 Å². The third-order valence-electron chi connectivity index (χ3n) is 3.79. The van der Waals surface area contributed by atoms with Crippen LogP contribution in [0.25, 0.3) is 6.08 Å². The van der Waals surface area contributed by atoms with Gasteiger partial charge in [-0.25, -0.2) is 0 Å². The first kappa shape index (κ1) is 23.1. The first-order valence-corrected chi connectivity index (χ1v) is 10.2. The Bertz CT molecular complexity index is 985. The summed E-state index contributed by atoms with van der Waals surface area (Å²) in [4.78, 5) is 13.4. The summed E-state index contributed by atoms with van der Waals surface area (Å²) >= 11 is 15.6. The predicted octanol–water partition coefficient (Wildman–Crippen LogP) is 5.73. The number of amides is 1. The number of halogens is 3. The Labute approximate surface area is 188 Å². The quantitative estimate of drug-likeness (QED) is 0.362. The summed E-state index contributed by atoms with van der Waals surface area (Å²) < 4.78 is 12.3. The van der Waals surface area contributed by atoms with Crippen LogP contribution < -0.4 is 9.47 Å². The topological polar surface area (TPSA) is 62.6 Å². The molecule has 0 spiro atoms. The van der Waals surface area contributed by atoms with Crippen LogP contribution in [0.15, 0.2) is 40.4 Å². The minimum Gasteiger partial charge on any atom is -0.490 e. The van der Waals surface area contributed by atoms with Crippen molar-refractivity contribution in [2.24, 2.45) is 0 Å². The number of ether oxygens (including phenoxy) is 2. The van der Waals surface area contributed by atoms with Crippen LogP contribution in [-0.2, 0) is 11.4 Å². The van der Waals surface area contributed by atoms with Gasteiger partial charge >= 0.3 is 0 Å². The SMILES string of the molecule is CCOc1cc(/C=C(/C#N)C(=O)N(C)C)cc(Br)c1OCc1ccc(Cl)cc1Cl. The lowest BCUT2D eigenvalue weighted by Gasteiger charge is -2.16. The maximum absolute atomic E-state index is 12.1. The largest absolute Gasteiger partial charge is 0.490 e. The summed E-state index contributed by atoms with van der Waals surface area (Å²) in [6.45, 7) is 2.48. The molecule has 0 aliphatic rings. The molecule has 0 aliphatic carbocycles. The van der Waals surface area contributed by atoms with Crippen LogP contribution in [0.5, 0.6) is 11.5 Å². The second-order valence-electron chi connectivity index (χ2n) is 6.16. The van der Waals surface area contributed by atoms with Crippen LogP contribution in [0.4, 0.5) is 0 Å². The minimum atomic E-state index is -0.376. The Balaban J connectivity index is 2.37. The van der Waals surface area contributed by atoms with Gasteiger partial charge in [0.05, 0.1) is 11.1 Å². The maximum atomic E-state index is 12.1. The molecule has 29 heavy (non-hydrogen) atoms. The zero-order valence-corrected chi connectivity index (χ0v) is 19.2. The van der Waals surface area contributed by atoms with Crippen molar-refractivity contribution in [1.82, 2.24) is 4.90 Å². The van der Waals surface area contributed by atoms with E-state index in [1.807, 2.05) is 13.0 Å². The van der Waals surface area contributed by atoms with Gasteiger partial charge in [0.2, 0.25) is 0 Å². The lowest BCUT2D eigenvalue weighted by Crippen LogP contribution is -2.22. The Morgan fingerprint density at radius 2 is 1.97 bits per heavy atom. The van der Waals surface area contributed by atoms with E-state index >= 15 is 0 Å². The normalized spacial score (nSPS) is 11.0. The molecule has 0 bridgehead atoms. The summed E-state index contributed by atoms with van der Waals surface area (Å²) in [5.74, 6) is 0.597. The molecule has 5 nitrogen and oxygen atoms in total. The summed E-state index contributed by atoms with van der Waals surface area (Å²) in [7, 11) is 3.18. The second kappa shape index (κ2) is 10.5. The van der Waals surface area contributed by atoms with Gasteiger partial charge in [0.25, 0.3) is 5.91 Å². The van der Waals surface area contributed by atoms with Crippen molar-refractivity contribution >= 4 is 51.1 Å². The molecule has 8 heteroatoms. The van der Waals surface area contributed by atoms with Crippen LogP contribution in [0, 0.1) is 11.3 Å². The molecule has 2 aromatic carbocycles. The fourth-order valence-electron chi connectivity index (χ4n) is 2.41. The Morgan fingerprint density at radius 3 is 2.55 bits per heavy atom. The average molecular weight is 498 g/mol. The van der Waals surface area contributed by atoms with Crippen LogP contribution >= 0.6 is 39.1 Å². The third kappa shape index (κ3) is 6.14. The maximum Gasteiger partial charge on any atom is 0.264 e. The van der Waals surface area contributed by atoms with E-state index < -0.39 is 0 Å². The van der Waals surface area contributed by atoms with Crippen molar-refractivity contribution < 1.29 is 14.3 Å². The van der Waals surface area contributed by atoms with Gasteiger partial charge in [0, 0.05) is 29.7 Å². The Morgan fingerprint density at radius 1 is 1.24 bits per heavy atom. The summed E-state index contributed by atoms with van der Waals surface area (Å²) in [6.07, 6.45) is 1.51. The zero-order chi connectivity index (χ0) is 21.6. The van der Waals surface area contributed by atoms with E-state index in [0.29, 0.717) is 38.2 Å². The molecule has 1 amide bonds. The first-order chi connectivity index (χ1) is 13.8. The van der Waals surface area contributed by atoms with Gasteiger partial charge in [-0.15, -0.1) is 0 Å². The molecule has 0 saturated carbocycles. The predicted molar refractivity (Wildman–Crippen MR) is 118 cm³/mol. The van der Waals surface area contributed by atoms with Gasteiger partial charge in [-0.1, -0.05) is 29.3 Å². The molecule has 0 radical (unpaired) electrons. The summed E-state index contributed by atoms with van der Waals surface area (Å²) in [5, 5.41) is 10.4. The average Bonchev–Trinajstić information content (AvgIpc) is 2.66. The van der Waals surface area contributed by atoms with E-state index in [1.165, 1.54) is 11.0 Å². The summed E-state index contributed by atoms with van der Waals surface area (Å²) in [6, 6.07) is 10.6. The number of hydrogen-bond donors (Lipinski definition) is 0. The van der Waals surface area contributed by atoms with Gasteiger partial charge in [-0.3, -0.25) is 4.79 Å². The Hall–Kier alpha value is -2.20. The van der Waals surface area contributed by atoms with Gasteiger partial charge in [0.1, 0.15) is 18.2 Å². The van der Waals surface area contributed by atoms with E-state index in [1.54, 1.807) is 44.4 Å². The number of nitrogens with zero attached hydrogens (tertiary/aromatic N) is 2. The number of carbonyl (C=O) groups excluding carboxylic acids is 1. The minimum absolute atomic E-state index is 0.0194. The number of rotatable bonds is 7. The molecule has 0 N–H and O–H groups in total. The highest BCUT2D eigenvalue weighted by molar-refractivity contribution is 9.10. The Kier molecular flexibility index (Phi) is 8.39. The highest BCUT2D eigenvalue weighted by Crippen LogP contribution is 2.38. The first-order valence-electron chi connectivity index (χ1n) is 8.63. The van der Waals surface area contributed by atoms with Crippen molar-refractivity contribution in [3.8, 4) is 17.6 Å². The molecule has 0 heterocycles. The van der Waals surface area contributed by atoms with Crippen molar-refractivity contribution in [3.63, 3.8) is 0 Å². The van der Waals surface area contributed by atoms with Gasteiger partial charge in [0.15, 0.2) is 11.5 Å². The molecule has 0 atom stereocenters. The van der Waals surface area contributed by atoms with Gasteiger partial charge in [-0.2, -0.15) is 5.26 Å². The van der Waals surface area contributed by atoms with E-state index in [4.69, 9.17) is 32.7 Å². The zero-order valence-electron chi connectivity index (χ0n) is 16.1. The number of hydrogen-bond acceptors (Lipinski definition) is 4. The van der Waals surface area contributed by atoms with E-state index in [0.717, 1.165) is 5.56 Å². The highest BCUT2D eigenvalue weighted by Gasteiger charge is 2.16. The number of likely N-dealkylation sites (N-methyl/N-ethyl adjacent to an activating group) is 1. The number of benzene rings is 2. The molecule has 152 valence electrons. The monoisotopic (exact) mass is 496 g/mol. The van der Waals surface area contributed by atoms with Crippen LogP contribution in [0.1, 0.15) is 18.1 Å². The van der Waals surface area contributed by atoms with Crippen LogP contribution in [0.2, 0.25) is 10.0 Å². The third-order valence-corrected chi connectivity index (χ3v) is 4.96. The molecule has 0 unspecified atom stereocenters. The number of nitriles is 1. The van der Waals surface area contributed by atoms with E-state index in [-0.39, 0.29) is 18.1 Å². The molecule has 2 aromatic rings. The molecular formula is C21H19BrCl2N2O3. The molecule has 0 saturated heterocycles. The van der Waals surface area contributed by atoms with Gasteiger partial charge in [-0.05, 0) is 58.8 Å². The highest BCUT2D eigenvalue weighted by atomic mass is 79.9. The van der Waals surface area contributed by atoms with E-state index in [9.17, 15) is 10.1 Å². The fraction of sp³-hybridized carbons (Fsp3) is 0.238. The second-order valence-corrected chi connectivity index (χ2v) is 7.85. The van der Waals surface area contributed by atoms with Crippen molar-refractivity contribution in [2.75, 3.05) is 20.7 Å². The van der Waals surface area contributed by atoms with Crippen LogP contribution in [0.3, 0.4) is 0 Å². The fourth-order valence-corrected chi connectivity index (χ4v) is 3.45. The molecular weight excluding hydrogens is 479 g/mol. The molecule has 0 aliphatic heterocycles. The van der Waals surface area contributed by atoms with Gasteiger partial charge < -0.3 is 14.4 Å². The van der Waals surface area contributed by atoms with E-state index in [2.05, 4.69) is 15.9 Å². The molecule has 0 aromatic heterocycles. The molecule has 0 fully saturated rings. The standard InChI is InChI=1S/C21H19BrCl2N2O3/c1-4-28-19-9-13(7-15(11-25)21(27)26(2)3)8-17(22)20(19)29-12-14-5-6-16(23)10-18(14)24/h5-10H,4,12H2,1-3H3/b15-7-. The summed E-state index contributed by atoms with van der Waals surface area (Å²) in [5.41, 5.74) is 1.42. The van der Waals surface area contributed by atoms with Crippen molar-refractivity contribution in [1.29, 1.82) is 5.26 Å². The van der Waals surface area contributed by atoms with Crippen molar-refractivity contribution in [2.45, 2.75) is 13.5 Å².